The zero-order valence-corrected chi connectivity index (χ0v) is 15.6. The second kappa shape index (κ2) is 9.33. The molecule has 1 aliphatic rings. The number of aryl methyl sites for hydroxylation is 1. The molecule has 3 amide bonds. The molecule has 0 spiro atoms. The molecule has 7 nitrogen and oxygen atoms in total. The van der Waals surface area contributed by atoms with Crippen molar-refractivity contribution in [2.24, 2.45) is 4.99 Å². The minimum absolute atomic E-state index is 0. The largest absolute Gasteiger partial charge is 0.355 e. The zero-order chi connectivity index (χ0) is 15.9. The number of hydrogen-bond donors (Lipinski definition) is 3. The Bertz CT molecular complexity index is 575. The fourth-order valence-electron chi connectivity index (χ4n) is 2.20. The number of urea groups is 1. The van der Waals surface area contributed by atoms with Crippen LogP contribution in [0.1, 0.15) is 11.1 Å². The van der Waals surface area contributed by atoms with Crippen molar-refractivity contribution in [1.82, 2.24) is 20.9 Å². The summed E-state index contributed by atoms with van der Waals surface area (Å²) in [4.78, 5) is 28.1. The van der Waals surface area contributed by atoms with Gasteiger partial charge in [-0.1, -0.05) is 29.8 Å². The van der Waals surface area contributed by atoms with Crippen LogP contribution in [0.3, 0.4) is 0 Å². The smallest absolute Gasteiger partial charge is 0.324 e. The number of nitrogens with zero attached hydrogens (tertiary/aromatic N) is 2. The van der Waals surface area contributed by atoms with Gasteiger partial charge < -0.3 is 16.0 Å². The highest BCUT2D eigenvalue weighted by Gasteiger charge is 2.27. The summed E-state index contributed by atoms with van der Waals surface area (Å²) < 4.78 is 0. The van der Waals surface area contributed by atoms with Crippen molar-refractivity contribution in [2.75, 3.05) is 26.7 Å². The van der Waals surface area contributed by atoms with Gasteiger partial charge >= 0.3 is 6.03 Å². The first-order chi connectivity index (χ1) is 10.6. The van der Waals surface area contributed by atoms with E-state index in [1.54, 1.807) is 7.05 Å². The Balaban J connectivity index is 0.00000264. The Morgan fingerprint density at radius 1 is 1.35 bits per heavy atom. The number of amides is 3. The molecule has 0 atom stereocenters. The lowest BCUT2D eigenvalue weighted by Crippen LogP contribution is -2.43. The topological polar surface area (TPSA) is 85.8 Å². The van der Waals surface area contributed by atoms with E-state index < -0.39 is 0 Å². The fraction of sp³-hybridized carbons (Fsp3) is 0.400. The summed E-state index contributed by atoms with van der Waals surface area (Å²) in [5.74, 6) is 0.433. The first-order valence-corrected chi connectivity index (χ1v) is 7.18. The lowest BCUT2D eigenvalue weighted by molar-refractivity contribution is -0.124. The number of imide groups is 1. The number of carbonyl (C=O) groups excluding carboxylic acids is 2. The van der Waals surface area contributed by atoms with E-state index in [2.05, 4.69) is 40.0 Å². The molecule has 8 heteroatoms. The highest BCUT2D eigenvalue weighted by atomic mass is 127. The SMILES string of the molecule is CN=C(NCCN1C(=O)CNC1=O)NCc1cccc(C)c1.I. The number of rotatable bonds is 5. The zero-order valence-electron chi connectivity index (χ0n) is 13.3. The van der Waals surface area contributed by atoms with Crippen LogP contribution in [0.4, 0.5) is 4.79 Å². The van der Waals surface area contributed by atoms with E-state index in [0.717, 1.165) is 5.56 Å². The van der Waals surface area contributed by atoms with E-state index >= 15 is 0 Å². The molecule has 1 aliphatic heterocycles. The highest BCUT2D eigenvalue weighted by Crippen LogP contribution is 2.03. The van der Waals surface area contributed by atoms with Crippen LogP contribution in [-0.2, 0) is 11.3 Å². The third-order valence-electron chi connectivity index (χ3n) is 3.33. The number of carbonyl (C=O) groups is 2. The fourth-order valence-corrected chi connectivity index (χ4v) is 2.20. The molecule has 0 bridgehead atoms. The van der Waals surface area contributed by atoms with Gasteiger partial charge in [-0.15, -0.1) is 24.0 Å². The van der Waals surface area contributed by atoms with Gasteiger partial charge in [0.25, 0.3) is 0 Å². The second-order valence-corrected chi connectivity index (χ2v) is 5.05. The number of guanidine groups is 1. The summed E-state index contributed by atoms with van der Waals surface area (Å²) in [7, 11) is 1.68. The first kappa shape index (κ1) is 19.2. The summed E-state index contributed by atoms with van der Waals surface area (Å²) in [5, 5.41) is 8.77. The average molecular weight is 431 g/mol. The minimum Gasteiger partial charge on any atom is -0.355 e. The van der Waals surface area contributed by atoms with E-state index in [-0.39, 0.29) is 42.5 Å². The number of halogens is 1. The van der Waals surface area contributed by atoms with Crippen molar-refractivity contribution in [3.63, 3.8) is 0 Å². The van der Waals surface area contributed by atoms with Crippen molar-refractivity contribution in [2.45, 2.75) is 13.5 Å². The molecular weight excluding hydrogens is 409 g/mol. The van der Waals surface area contributed by atoms with Gasteiger partial charge in [0, 0.05) is 26.7 Å². The molecule has 1 heterocycles. The van der Waals surface area contributed by atoms with E-state index in [9.17, 15) is 9.59 Å². The van der Waals surface area contributed by atoms with E-state index in [1.807, 2.05) is 12.1 Å². The first-order valence-electron chi connectivity index (χ1n) is 7.18. The third-order valence-corrected chi connectivity index (χ3v) is 3.33. The second-order valence-electron chi connectivity index (χ2n) is 5.05. The van der Waals surface area contributed by atoms with Crippen LogP contribution in [0.2, 0.25) is 0 Å². The normalized spacial score (nSPS) is 14.3. The molecule has 126 valence electrons. The molecule has 2 rings (SSSR count). The monoisotopic (exact) mass is 431 g/mol. The van der Waals surface area contributed by atoms with Crippen LogP contribution >= 0.6 is 24.0 Å². The van der Waals surface area contributed by atoms with Crippen LogP contribution in [0, 0.1) is 6.92 Å². The average Bonchev–Trinajstić information content (AvgIpc) is 2.82. The van der Waals surface area contributed by atoms with E-state index in [4.69, 9.17) is 0 Å². The Hall–Kier alpha value is -1.84. The molecule has 1 saturated heterocycles. The van der Waals surface area contributed by atoms with Gasteiger partial charge in [0.1, 0.15) is 0 Å². The highest BCUT2D eigenvalue weighted by molar-refractivity contribution is 14.0. The van der Waals surface area contributed by atoms with Crippen LogP contribution in [0.25, 0.3) is 0 Å². The molecule has 0 aliphatic carbocycles. The maximum absolute atomic E-state index is 11.4. The minimum atomic E-state index is -0.338. The maximum Gasteiger partial charge on any atom is 0.324 e. The Labute approximate surface area is 152 Å². The lowest BCUT2D eigenvalue weighted by atomic mass is 10.1. The molecule has 1 aromatic carbocycles. The lowest BCUT2D eigenvalue weighted by Gasteiger charge is -2.15. The van der Waals surface area contributed by atoms with Gasteiger partial charge in [0.15, 0.2) is 5.96 Å². The van der Waals surface area contributed by atoms with Gasteiger partial charge in [-0.3, -0.25) is 14.7 Å². The Kier molecular flexibility index (Phi) is 7.79. The van der Waals surface area contributed by atoms with Gasteiger partial charge in [-0.05, 0) is 12.5 Å². The molecule has 0 radical (unpaired) electrons. The predicted molar refractivity (Wildman–Crippen MR) is 99.9 cm³/mol. The number of benzene rings is 1. The molecule has 0 aromatic heterocycles. The molecule has 0 saturated carbocycles. The van der Waals surface area contributed by atoms with Gasteiger partial charge in [-0.2, -0.15) is 0 Å². The third kappa shape index (κ3) is 5.70. The summed E-state index contributed by atoms with van der Waals surface area (Å²) in [5.41, 5.74) is 2.37. The summed E-state index contributed by atoms with van der Waals surface area (Å²) in [6, 6.07) is 7.87. The molecular formula is C15H22IN5O2. The summed E-state index contributed by atoms with van der Waals surface area (Å²) in [6.45, 7) is 3.56. The maximum atomic E-state index is 11.4. The van der Waals surface area contributed by atoms with E-state index in [0.29, 0.717) is 25.6 Å². The molecule has 3 N–H and O–H groups in total. The summed E-state index contributed by atoms with van der Waals surface area (Å²) in [6.07, 6.45) is 0. The van der Waals surface area contributed by atoms with Crippen LogP contribution in [0.15, 0.2) is 29.3 Å². The molecule has 1 aromatic rings. The standard InChI is InChI=1S/C15H21N5O2.HI/c1-11-4-3-5-12(8-11)9-18-14(16-2)17-6-7-20-13(21)10-19-15(20)22;/h3-5,8H,6-7,9-10H2,1-2H3,(H,19,22)(H2,16,17,18);1H. The quantitative estimate of drug-likeness (QED) is 0.279. The van der Waals surface area contributed by atoms with Crippen molar-refractivity contribution in [1.29, 1.82) is 0 Å². The van der Waals surface area contributed by atoms with Crippen LogP contribution < -0.4 is 16.0 Å². The van der Waals surface area contributed by atoms with Crippen molar-refractivity contribution >= 4 is 41.9 Å². The van der Waals surface area contributed by atoms with E-state index in [1.165, 1.54) is 10.5 Å². The van der Waals surface area contributed by atoms with Crippen molar-refractivity contribution < 1.29 is 9.59 Å². The molecule has 23 heavy (non-hydrogen) atoms. The Morgan fingerprint density at radius 3 is 2.74 bits per heavy atom. The van der Waals surface area contributed by atoms with Gasteiger partial charge in [-0.25, -0.2) is 4.79 Å². The van der Waals surface area contributed by atoms with Crippen molar-refractivity contribution in [3.05, 3.63) is 35.4 Å². The number of aliphatic imine (C=N–C) groups is 1. The Morgan fingerprint density at radius 2 is 2.13 bits per heavy atom. The summed E-state index contributed by atoms with van der Waals surface area (Å²) >= 11 is 0. The molecule has 1 fully saturated rings. The molecule has 0 unspecified atom stereocenters. The van der Waals surface area contributed by atoms with Gasteiger partial charge in [0.2, 0.25) is 5.91 Å². The van der Waals surface area contributed by atoms with Crippen molar-refractivity contribution in [3.8, 4) is 0 Å². The number of hydrogen-bond acceptors (Lipinski definition) is 3. The van der Waals surface area contributed by atoms with Crippen LogP contribution in [0.5, 0.6) is 0 Å². The van der Waals surface area contributed by atoms with Crippen LogP contribution in [-0.4, -0.2) is 49.5 Å². The number of nitrogens with one attached hydrogen (secondary N) is 3. The predicted octanol–water partition coefficient (Wildman–Crippen LogP) is 0.830. The van der Waals surface area contributed by atoms with Gasteiger partial charge in [0.05, 0.1) is 6.54 Å².